The Balaban J connectivity index is 1.37. The predicted molar refractivity (Wildman–Crippen MR) is 134 cm³/mol. The number of piperidine rings is 1. The van der Waals surface area contributed by atoms with Gasteiger partial charge in [-0.3, -0.25) is 4.79 Å². The third-order valence-electron chi connectivity index (χ3n) is 5.65. The van der Waals surface area contributed by atoms with E-state index < -0.39 is 16.0 Å². The zero-order chi connectivity index (χ0) is 24.3. The third kappa shape index (κ3) is 5.27. The lowest BCUT2D eigenvalue weighted by Gasteiger charge is -2.30. The lowest BCUT2D eigenvalue weighted by Crippen LogP contribution is -2.41. The molecule has 0 spiro atoms. The number of carbonyl (C=O) groups is 2. The summed E-state index contributed by atoms with van der Waals surface area (Å²) in [4.78, 5) is 30.5. The van der Waals surface area contributed by atoms with Crippen LogP contribution >= 0.6 is 23.1 Å². The van der Waals surface area contributed by atoms with Gasteiger partial charge in [0.25, 0.3) is 0 Å². The maximum atomic E-state index is 12.9. The molecule has 0 saturated carbocycles. The van der Waals surface area contributed by atoms with E-state index in [0.717, 1.165) is 9.60 Å². The molecule has 1 saturated heterocycles. The number of anilines is 1. The van der Waals surface area contributed by atoms with E-state index in [9.17, 15) is 18.0 Å². The molecule has 180 valence electrons. The minimum Gasteiger partial charge on any atom is -0.462 e. The molecule has 0 radical (unpaired) electrons. The Morgan fingerprint density at radius 3 is 2.53 bits per heavy atom. The van der Waals surface area contributed by atoms with Crippen LogP contribution < -0.4 is 5.32 Å². The molecule has 3 aromatic rings. The maximum Gasteiger partial charge on any atom is 0.338 e. The molecule has 1 fully saturated rings. The average Bonchev–Trinajstić information content (AvgIpc) is 3.25. The van der Waals surface area contributed by atoms with Crippen LogP contribution in [0.2, 0.25) is 0 Å². The zero-order valence-electron chi connectivity index (χ0n) is 18.8. The molecule has 34 heavy (non-hydrogen) atoms. The van der Waals surface area contributed by atoms with Crippen LogP contribution in [0.3, 0.4) is 0 Å². The quantitative estimate of drug-likeness (QED) is 0.368. The van der Waals surface area contributed by atoms with Crippen LogP contribution in [0.15, 0.2) is 52.3 Å². The van der Waals surface area contributed by atoms with Gasteiger partial charge in [-0.1, -0.05) is 11.3 Å². The number of thiazole rings is 1. The third-order valence-corrected chi connectivity index (χ3v) is 9.24. The van der Waals surface area contributed by atoms with Gasteiger partial charge in [0.2, 0.25) is 15.9 Å². The summed E-state index contributed by atoms with van der Waals surface area (Å²) in [6, 6.07) is 11.9. The SMILES string of the molecule is CCOC(=O)c1ccc2nc(NC(=O)C3CCN(S(=O)(=O)c4ccc(SC)cc4)CC3)sc2c1. The van der Waals surface area contributed by atoms with Crippen molar-refractivity contribution in [1.29, 1.82) is 0 Å². The second-order valence-electron chi connectivity index (χ2n) is 7.77. The number of rotatable bonds is 7. The first-order chi connectivity index (χ1) is 16.3. The highest BCUT2D eigenvalue weighted by molar-refractivity contribution is 7.98. The van der Waals surface area contributed by atoms with E-state index in [-0.39, 0.29) is 29.8 Å². The van der Waals surface area contributed by atoms with Crippen LogP contribution in [-0.4, -0.2) is 55.5 Å². The molecule has 8 nitrogen and oxygen atoms in total. The first kappa shape index (κ1) is 24.6. The smallest absolute Gasteiger partial charge is 0.338 e. The summed E-state index contributed by atoms with van der Waals surface area (Å²) in [5.41, 5.74) is 1.12. The van der Waals surface area contributed by atoms with E-state index in [1.807, 2.05) is 6.26 Å². The number of sulfonamides is 1. The highest BCUT2D eigenvalue weighted by Gasteiger charge is 2.32. The minimum atomic E-state index is -3.58. The standard InChI is InChI=1S/C23H25N3O5S3/c1-3-31-22(28)16-4-9-19-20(14-16)33-23(24-19)25-21(27)15-10-12-26(13-11-15)34(29,30)18-7-5-17(32-2)6-8-18/h4-9,14-15H,3,10-13H2,1-2H3,(H,24,25,27). The molecule has 0 unspecified atom stereocenters. The van der Waals surface area contributed by atoms with Crippen molar-refractivity contribution >= 4 is 60.3 Å². The Morgan fingerprint density at radius 1 is 1.18 bits per heavy atom. The van der Waals surface area contributed by atoms with Crippen molar-refractivity contribution in [3.05, 3.63) is 48.0 Å². The first-order valence-electron chi connectivity index (χ1n) is 10.8. The minimum absolute atomic E-state index is 0.175. The maximum absolute atomic E-state index is 12.9. The van der Waals surface area contributed by atoms with Crippen LogP contribution in [0.5, 0.6) is 0 Å². The fraction of sp³-hybridized carbons (Fsp3) is 0.348. The molecule has 1 aliphatic heterocycles. The highest BCUT2D eigenvalue weighted by atomic mass is 32.2. The second kappa shape index (κ2) is 10.4. The summed E-state index contributed by atoms with van der Waals surface area (Å²) in [6.45, 7) is 2.62. The van der Waals surface area contributed by atoms with E-state index >= 15 is 0 Å². The van der Waals surface area contributed by atoms with Crippen LogP contribution in [-0.2, 0) is 19.6 Å². The fourth-order valence-corrected chi connectivity index (χ4v) is 6.57. The Hall–Kier alpha value is -2.47. The largest absolute Gasteiger partial charge is 0.462 e. The number of benzene rings is 2. The second-order valence-corrected chi connectivity index (χ2v) is 11.6. The number of amides is 1. The Labute approximate surface area is 206 Å². The van der Waals surface area contributed by atoms with Crippen molar-refractivity contribution in [2.75, 3.05) is 31.3 Å². The average molecular weight is 520 g/mol. The molecular formula is C23H25N3O5S3. The van der Waals surface area contributed by atoms with E-state index in [4.69, 9.17) is 4.74 Å². The number of carbonyl (C=O) groups excluding carboxylic acids is 2. The number of esters is 1. The van der Waals surface area contributed by atoms with Crippen molar-refractivity contribution < 1.29 is 22.7 Å². The van der Waals surface area contributed by atoms with Gasteiger partial charge in [-0.05, 0) is 68.5 Å². The number of nitrogens with one attached hydrogen (secondary N) is 1. The number of aromatic nitrogens is 1. The van der Waals surface area contributed by atoms with Gasteiger partial charge in [0.05, 0.1) is 27.3 Å². The van der Waals surface area contributed by atoms with E-state index in [0.29, 0.717) is 35.7 Å². The normalized spacial score (nSPS) is 15.4. The molecule has 0 atom stereocenters. The monoisotopic (exact) mass is 519 g/mol. The van der Waals surface area contributed by atoms with Gasteiger partial charge in [0.1, 0.15) is 0 Å². The number of ether oxygens (including phenoxy) is 1. The van der Waals surface area contributed by atoms with Crippen molar-refractivity contribution in [1.82, 2.24) is 9.29 Å². The van der Waals surface area contributed by atoms with Crippen LogP contribution in [0.4, 0.5) is 5.13 Å². The van der Waals surface area contributed by atoms with E-state index in [2.05, 4.69) is 10.3 Å². The van der Waals surface area contributed by atoms with Gasteiger partial charge in [-0.15, -0.1) is 11.8 Å². The number of hydrogen-bond acceptors (Lipinski definition) is 8. The van der Waals surface area contributed by atoms with E-state index in [1.54, 1.807) is 61.2 Å². The molecule has 1 amide bonds. The van der Waals surface area contributed by atoms with Crippen LogP contribution in [0.25, 0.3) is 10.2 Å². The molecule has 1 aliphatic rings. The first-order valence-corrected chi connectivity index (χ1v) is 14.3. The van der Waals surface area contributed by atoms with Crippen LogP contribution in [0.1, 0.15) is 30.1 Å². The number of nitrogens with zero attached hydrogens (tertiary/aromatic N) is 2. The lowest BCUT2D eigenvalue weighted by atomic mass is 9.97. The predicted octanol–water partition coefficient (Wildman–Crippen LogP) is 4.23. The molecule has 1 aromatic heterocycles. The van der Waals surface area contributed by atoms with E-state index in [1.165, 1.54) is 15.6 Å². The molecule has 0 bridgehead atoms. The number of thioether (sulfide) groups is 1. The Morgan fingerprint density at radius 2 is 1.88 bits per heavy atom. The Kier molecular flexibility index (Phi) is 7.56. The summed E-state index contributed by atoms with van der Waals surface area (Å²) in [5, 5.41) is 3.30. The molecule has 2 heterocycles. The fourth-order valence-electron chi connectivity index (χ4n) is 3.78. The lowest BCUT2D eigenvalue weighted by molar-refractivity contribution is -0.120. The van der Waals surface area contributed by atoms with Gasteiger partial charge in [-0.2, -0.15) is 4.31 Å². The van der Waals surface area contributed by atoms with Crippen molar-refractivity contribution in [2.24, 2.45) is 5.92 Å². The molecule has 1 N–H and O–H groups in total. The van der Waals surface area contributed by atoms with Crippen LogP contribution in [0, 0.1) is 5.92 Å². The summed E-state index contributed by atoms with van der Waals surface area (Å²) < 4.78 is 33.1. The van der Waals surface area contributed by atoms with Gasteiger partial charge >= 0.3 is 5.97 Å². The summed E-state index contributed by atoms with van der Waals surface area (Å²) in [5.74, 6) is -0.872. The topological polar surface area (TPSA) is 106 Å². The molecule has 2 aromatic carbocycles. The summed E-state index contributed by atoms with van der Waals surface area (Å²) in [7, 11) is -3.58. The van der Waals surface area contributed by atoms with Gasteiger partial charge in [0, 0.05) is 23.9 Å². The zero-order valence-corrected chi connectivity index (χ0v) is 21.3. The van der Waals surface area contributed by atoms with Crippen molar-refractivity contribution in [3.8, 4) is 0 Å². The summed E-state index contributed by atoms with van der Waals surface area (Å²) >= 11 is 2.84. The Bertz CT molecular complexity index is 1300. The molecule has 4 rings (SSSR count). The molecular weight excluding hydrogens is 494 g/mol. The van der Waals surface area contributed by atoms with Crippen molar-refractivity contribution in [2.45, 2.75) is 29.6 Å². The summed E-state index contributed by atoms with van der Waals surface area (Å²) in [6.07, 6.45) is 2.81. The molecule has 11 heteroatoms. The number of fused-ring (bicyclic) bond motifs is 1. The van der Waals surface area contributed by atoms with Gasteiger partial charge < -0.3 is 10.1 Å². The van der Waals surface area contributed by atoms with Crippen molar-refractivity contribution in [3.63, 3.8) is 0 Å². The number of hydrogen-bond donors (Lipinski definition) is 1. The van der Waals surface area contributed by atoms with Gasteiger partial charge in [0.15, 0.2) is 5.13 Å². The van der Waals surface area contributed by atoms with Gasteiger partial charge in [-0.25, -0.2) is 18.2 Å². The highest BCUT2D eigenvalue weighted by Crippen LogP contribution is 2.29. The molecule has 0 aliphatic carbocycles.